The van der Waals surface area contributed by atoms with E-state index in [9.17, 15) is 14.8 Å². The van der Waals surface area contributed by atoms with Crippen LogP contribution in [0.3, 0.4) is 0 Å². The summed E-state index contributed by atoms with van der Waals surface area (Å²) in [5.74, 6) is -2.74. The predicted octanol–water partition coefficient (Wildman–Crippen LogP) is 3.29. The lowest BCUT2D eigenvalue weighted by Gasteiger charge is -2.27. The zero-order valence-electron chi connectivity index (χ0n) is 11.1. The van der Waals surface area contributed by atoms with Gasteiger partial charge >= 0.3 is 0 Å². The quantitative estimate of drug-likeness (QED) is 0.830. The third-order valence-electron chi connectivity index (χ3n) is 3.16. The van der Waals surface area contributed by atoms with Crippen LogP contribution in [0.15, 0.2) is 60.7 Å². The predicted molar refractivity (Wildman–Crippen MR) is 77.4 cm³/mol. The molecule has 2 aromatic rings. The van der Waals surface area contributed by atoms with Gasteiger partial charge in [-0.3, -0.25) is 4.57 Å². The van der Waals surface area contributed by atoms with Crippen LogP contribution in [-0.4, -0.2) is 17.3 Å². The molecule has 106 valence electrons. The Morgan fingerprint density at radius 3 is 1.50 bits per heavy atom. The molecule has 0 spiro atoms. The minimum Gasteiger partial charge on any atom is -0.378 e. The number of benzene rings is 2. The molecule has 0 radical (unpaired) electrons. The Kier molecular flexibility index (Phi) is 4.73. The van der Waals surface area contributed by atoms with Gasteiger partial charge in [-0.25, -0.2) is 0 Å². The van der Waals surface area contributed by atoms with Crippen molar-refractivity contribution >= 4 is 7.37 Å². The van der Waals surface area contributed by atoms with Crippen molar-refractivity contribution in [2.75, 3.05) is 7.11 Å². The fourth-order valence-electron chi connectivity index (χ4n) is 2.00. The highest BCUT2D eigenvalue weighted by molar-refractivity contribution is 7.59. The molecule has 2 aromatic carbocycles. The van der Waals surface area contributed by atoms with Crippen LogP contribution in [0.5, 0.6) is 0 Å². The molecule has 0 saturated carbocycles. The van der Waals surface area contributed by atoms with Crippen LogP contribution in [0, 0.1) is 0 Å². The molecule has 4 nitrogen and oxygen atoms in total. The Balaban J connectivity index is 2.36. The van der Waals surface area contributed by atoms with Gasteiger partial charge < -0.3 is 14.7 Å². The van der Waals surface area contributed by atoms with Gasteiger partial charge in [-0.05, 0) is 11.1 Å². The second-order valence-electron chi connectivity index (χ2n) is 4.40. The highest BCUT2D eigenvalue weighted by Gasteiger charge is 2.41. The number of hydrogen-bond donors (Lipinski definition) is 2. The maximum absolute atomic E-state index is 12.9. The first-order valence-electron chi connectivity index (χ1n) is 6.20. The molecule has 0 aliphatic rings. The van der Waals surface area contributed by atoms with Gasteiger partial charge in [0.15, 0.2) is 11.7 Å². The molecule has 5 heteroatoms. The van der Waals surface area contributed by atoms with Crippen molar-refractivity contribution in [3.05, 3.63) is 71.8 Å². The van der Waals surface area contributed by atoms with Crippen LogP contribution in [0.25, 0.3) is 0 Å². The van der Waals surface area contributed by atoms with Gasteiger partial charge in [0.1, 0.15) is 0 Å². The normalized spacial score (nSPS) is 17.1. The molecule has 0 aliphatic carbocycles. The second kappa shape index (κ2) is 6.33. The highest BCUT2D eigenvalue weighted by atomic mass is 31.2. The number of hydrogen-bond acceptors (Lipinski definition) is 4. The van der Waals surface area contributed by atoms with E-state index in [1.807, 2.05) is 0 Å². The van der Waals surface area contributed by atoms with E-state index in [0.717, 1.165) is 0 Å². The van der Waals surface area contributed by atoms with Crippen molar-refractivity contribution in [3.63, 3.8) is 0 Å². The van der Waals surface area contributed by atoms with Gasteiger partial charge in [0.25, 0.3) is 7.37 Å². The standard InChI is InChI=1S/C15H17O4P/c1-19-20(18,14(16)12-8-4-2-5-9-12)15(17)13-10-6-3-7-11-13/h2-11,14-17H,1H3. The first-order chi connectivity index (χ1) is 9.59. The second-order valence-corrected chi connectivity index (χ2v) is 7.03. The van der Waals surface area contributed by atoms with Crippen LogP contribution >= 0.6 is 7.37 Å². The molecule has 0 saturated heterocycles. The molecule has 0 heterocycles. The van der Waals surface area contributed by atoms with E-state index in [4.69, 9.17) is 4.52 Å². The van der Waals surface area contributed by atoms with E-state index in [1.54, 1.807) is 60.7 Å². The van der Waals surface area contributed by atoms with E-state index in [2.05, 4.69) is 0 Å². The van der Waals surface area contributed by atoms with Crippen molar-refractivity contribution < 1.29 is 19.3 Å². The maximum Gasteiger partial charge on any atom is 0.266 e. The average molecular weight is 292 g/mol. The molecule has 2 N–H and O–H groups in total. The van der Waals surface area contributed by atoms with Crippen LogP contribution in [0.4, 0.5) is 0 Å². The van der Waals surface area contributed by atoms with Gasteiger partial charge in [-0.15, -0.1) is 0 Å². The summed E-state index contributed by atoms with van der Waals surface area (Å²) in [6.45, 7) is 0. The largest absolute Gasteiger partial charge is 0.378 e. The van der Waals surface area contributed by atoms with E-state index in [-0.39, 0.29) is 0 Å². The minimum absolute atomic E-state index is 0.452. The molecule has 2 atom stereocenters. The summed E-state index contributed by atoms with van der Waals surface area (Å²) >= 11 is 0. The summed E-state index contributed by atoms with van der Waals surface area (Å²) in [4.78, 5) is 0. The van der Waals surface area contributed by atoms with E-state index >= 15 is 0 Å². The van der Waals surface area contributed by atoms with Crippen molar-refractivity contribution in [3.8, 4) is 0 Å². The lowest BCUT2D eigenvalue weighted by Crippen LogP contribution is -2.09. The molecule has 0 bridgehead atoms. The van der Waals surface area contributed by atoms with Gasteiger partial charge in [-0.2, -0.15) is 0 Å². The monoisotopic (exact) mass is 292 g/mol. The third kappa shape index (κ3) is 2.84. The molecular weight excluding hydrogens is 275 g/mol. The Morgan fingerprint density at radius 2 is 1.20 bits per heavy atom. The topological polar surface area (TPSA) is 66.8 Å². The first-order valence-corrected chi connectivity index (χ1v) is 7.97. The smallest absolute Gasteiger partial charge is 0.266 e. The SMILES string of the molecule is COP(=O)(C(O)c1ccccc1)C(O)c1ccccc1. The zero-order chi connectivity index (χ0) is 14.6. The van der Waals surface area contributed by atoms with Gasteiger partial charge in [0, 0.05) is 7.11 Å². The van der Waals surface area contributed by atoms with Crippen LogP contribution in [0.1, 0.15) is 22.8 Å². The number of aliphatic hydroxyl groups is 2. The molecule has 20 heavy (non-hydrogen) atoms. The minimum atomic E-state index is -3.72. The summed E-state index contributed by atoms with van der Waals surface area (Å²) in [5, 5.41) is 20.6. The molecular formula is C15H17O4P. The van der Waals surface area contributed by atoms with E-state index in [0.29, 0.717) is 11.1 Å². The maximum atomic E-state index is 12.9. The highest BCUT2D eigenvalue weighted by Crippen LogP contribution is 2.66. The lowest BCUT2D eigenvalue weighted by molar-refractivity contribution is 0.175. The van der Waals surface area contributed by atoms with Crippen LogP contribution in [0.2, 0.25) is 0 Å². The fourth-order valence-corrected chi connectivity index (χ4v) is 3.84. The Bertz CT molecular complexity index is 536. The van der Waals surface area contributed by atoms with E-state index < -0.39 is 19.1 Å². The molecule has 0 fully saturated rings. The summed E-state index contributed by atoms with van der Waals surface area (Å²) in [6.07, 6.45) is 0. The Morgan fingerprint density at radius 1 is 0.850 bits per heavy atom. The third-order valence-corrected chi connectivity index (χ3v) is 5.69. The Hall–Kier alpha value is -1.45. The van der Waals surface area contributed by atoms with E-state index in [1.165, 1.54) is 7.11 Å². The van der Waals surface area contributed by atoms with Crippen LogP contribution < -0.4 is 0 Å². The molecule has 2 rings (SSSR count). The fraction of sp³-hybridized carbons (Fsp3) is 0.200. The summed E-state index contributed by atoms with van der Waals surface area (Å²) in [5.41, 5.74) is 0.903. The van der Waals surface area contributed by atoms with Crippen molar-refractivity contribution in [1.29, 1.82) is 0 Å². The van der Waals surface area contributed by atoms with Crippen molar-refractivity contribution in [2.45, 2.75) is 11.7 Å². The summed E-state index contributed by atoms with van der Waals surface area (Å²) in [7, 11) is -2.48. The van der Waals surface area contributed by atoms with Gasteiger partial charge in [0.05, 0.1) is 0 Å². The molecule has 0 aromatic heterocycles. The lowest BCUT2D eigenvalue weighted by atomic mass is 10.2. The summed E-state index contributed by atoms with van der Waals surface area (Å²) in [6, 6.07) is 17.1. The van der Waals surface area contributed by atoms with Gasteiger partial charge in [-0.1, -0.05) is 60.7 Å². The molecule has 2 unspecified atom stereocenters. The first kappa shape index (κ1) is 14.9. The van der Waals surface area contributed by atoms with Crippen molar-refractivity contribution in [2.24, 2.45) is 0 Å². The average Bonchev–Trinajstić information content (AvgIpc) is 2.54. The number of aliphatic hydroxyl groups excluding tert-OH is 2. The van der Waals surface area contributed by atoms with Crippen LogP contribution in [-0.2, 0) is 9.09 Å². The van der Waals surface area contributed by atoms with Gasteiger partial charge in [0.2, 0.25) is 0 Å². The summed E-state index contributed by atoms with van der Waals surface area (Å²) < 4.78 is 17.9. The number of rotatable bonds is 5. The Labute approximate surface area is 118 Å². The zero-order valence-corrected chi connectivity index (χ0v) is 12.0. The van der Waals surface area contributed by atoms with Crippen molar-refractivity contribution in [1.82, 2.24) is 0 Å². The molecule has 0 aliphatic heterocycles. The molecule has 0 amide bonds.